The summed E-state index contributed by atoms with van der Waals surface area (Å²) in [5, 5.41) is 9.20. The monoisotopic (exact) mass is 632 g/mol. The molecule has 0 radical (unpaired) electrons. The molecule has 10 heteroatoms. The molecule has 0 amide bonds. The Labute approximate surface area is 273 Å². The van der Waals surface area contributed by atoms with Crippen molar-refractivity contribution < 1.29 is 28.5 Å². The standard InChI is InChI=1S/C37H36N4O6/c1-22(42)46-36-15-5-24(18-30(36)34-20-32(38-40-34)26-7-11-28(44-3)12-8-26)17-25-6-16-37(47-23(2)43)31(19-25)35-21-33(39-41-35)27-9-13-29(45-4)14-10-27/h5-16,18-19,34-35,40-41H,17,20-21H2,1-4H3. The van der Waals surface area contributed by atoms with Crippen molar-refractivity contribution in [1.29, 1.82) is 0 Å². The summed E-state index contributed by atoms with van der Waals surface area (Å²) in [5.41, 5.74) is 14.0. The summed E-state index contributed by atoms with van der Waals surface area (Å²) in [7, 11) is 3.27. The van der Waals surface area contributed by atoms with E-state index >= 15 is 0 Å². The van der Waals surface area contributed by atoms with Crippen molar-refractivity contribution in [3.8, 4) is 23.0 Å². The van der Waals surface area contributed by atoms with E-state index in [0.29, 0.717) is 30.8 Å². The Morgan fingerprint density at radius 3 is 1.40 bits per heavy atom. The van der Waals surface area contributed by atoms with Crippen LogP contribution in [-0.2, 0) is 16.0 Å². The van der Waals surface area contributed by atoms with Gasteiger partial charge < -0.3 is 29.8 Å². The van der Waals surface area contributed by atoms with E-state index in [1.165, 1.54) is 13.8 Å². The minimum absolute atomic E-state index is 0.181. The lowest BCUT2D eigenvalue weighted by molar-refractivity contribution is -0.132. The molecule has 2 aliphatic rings. The Bertz CT molecular complexity index is 1720. The van der Waals surface area contributed by atoms with Crippen LogP contribution in [0.15, 0.2) is 95.1 Å². The summed E-state index contributed by atoms with van der Waals surface area (Å²) >= 11 is 0. The number of carbonyl (C=O) groups excluding carboxylic acids is 2. The van der Waals surface area contributed by atoms with Gasteiger partial charge in [0.05, 0.1) is 37.7 Å². The number of carbonyl (C=O) groups is 2. The third-order valence-electron chi connectivity index (χ3n) is 8.17. The average molecular weight is 633 g/mol. The van der Waals surface area contributed by atoms with E-state index in [2.05, 4.69) is 33.2 Å². The Morgan fingerprint density at radius 1 is 0.638 bits per heavy atom. The first-order valence-corrected chi connectivity index (χ1v) is 15.3. The van der Waals surface area contributed by atoms with Crippen molar-refractivity contribution in [2.45, 2.75) is 45.2 Å². The van der Waals surface area contributed by atoms with E-state index in [1.54, 1.807) is 14.2 Å². The summed E-state index contributed by atoms with van der Waals surface area (Å²) in [6.45, 7) is 2.79. The van der Waals surface area contributed by atoms with Gasteiger partial charge in [-0.1, -0.05) is 12.1 Å². The number of benzene rings is 4. The van der Waals surface area contributed by atoms with Crippen LogP contribution in [0.25, 0.3) is 0 Å². The van der Waals surface area contributed by atoms with Crippen LogP contribution in [0, 0.1) is 0 Å². The van der Waals surface area contributed by atoms with E-state index in [0.717, 1.165) is 56.3 Å². The lowest BCUT2D eigenvalue weighted by Crippen LogP contribution is -2.14. The van der Waals surface area contributed by atoms with Gasteiger partial charge in [0.1, 0.15) is 23.0 Å². The van der Waals surface area contributed by atoms with Crippen LogP contribution in [0.2, 0.25) is 0 Å². The fourth-order valence-electron chi connectivity index (χ4n) is 5.86. The molecule has 0 saturated carbocycles. The fourth-order valence-corrected chi connectivity index (χ4v) is 5.86. The molecule has 2 atom stereocenters. The minimum atomic E-state index is -0.390. The Hall–Kier alpha value is -5.64. The third-order valence-corrected chi connectivity index (χ3v) is 8.17. The number of hydrogen-bond donors (Lipinski definition) is 2. The largest absolute Gasteiger partial charge is 0.497 e. The van der Waals surface area contributed by atoms with Crippen molar-refractivity contribution in [2.24, 2.45) is 10.2 Å². The first-order chi connectivity index (χ1) is 22.8. The highest BCUT2D eigenvalue weighted by atomic mass is 16.5. The lowest BCUT2D eigenvalue weighted by atomic mass is 9.93. The second-order valence-corrected chi connectivity index (χ2v) is 11.5. The van der Waals surface area contributed by atoms with Crippen molar-refractivity contribution in [3.05, 3.63) is 118 Å². The highest BCUT2D eigenvalue weighted by Gasteiger charge is 2.27. The molecule has 2 N–H and O–H groups in total. The van der Waals surface area contributed by atoms with Gasteiger partial charge in [-0.2, -0.15) is 10.2 Å². The van der Waals surface area contributed by atoms with Crippen LogP contribution in [0.1, 0.15) is 72.2 Å². The molecule has 0 aromatic heterocycles. The highest BCUT2D eigenvalue weighted by Crippen LogP contribution is 2.36. The van der Waals surface area contributed by atoms with Gasteiger partial charge in [0.15, 0.2) is 0 Å². The van der Waals surface area contributed by atoms with Gasteiger partial charge in [-0.25, -0.2) is 0 Å². The first-order valence-electron chi connectivity index (χ1n) is 15.3. The average Bonchev–Trinajstić information content (AvgIpc) is 3.77. The molecule has 4 aromatic rings. The number of hydrazone groups is 2. The lowest BCUT2D eigenvalue weighted by Gasteiger charge is -2.18. The Morgan fingerprint density at radius 2 is 1.04 bits per heavy atom. The maximum atomic E-state index is 12.0. The van der Waals surface area contributed by atoms with Crippen LogP contribution < -0.4 is 29.8 Å². The van der Waals surface area contributed by atoms with Crippen molar-refractivity contribution in [3.63, 3.8) is 0 Å². The molecular weight excluding hydrogens is 596 g/mol. The molecule has 0 bridgehead atoms. The number of nitrogens with zero attached hydrogens (tertiary/aromatic N) is 2. The number of ether oxygens (including phenoxy) is 4. The third kappa shape index (κ3) is 7.27. The summed E-state index contributed by atoms with van der Waals surface area (Å²) < 4.78 is 21.8. The number of rotatable bonds is 10. The minimum Gasteiger partial charge on any atom is -0.497 e. The Balaban J connectivity index is 1.23. The molecule has 0 aliphatic carbocycles. The van der Waals surface area contributed by atoms with Gasteiger partial charge in [-0.05, 0) is 101 Å². The predicted octanol–water partition coefficient (Wildman–Crippen LogP) is 6.02. The molecule has 10 nitrogen and oxygen atoms in total. The molecule has 47 heavy (non-hydrogen) atoms. The zero-order valence-corrected chi connectivity index (χ0v) is 26.7. The van der Waals surface area contributed by atoms with Gasteiger partial charge in [0, 0.05) is 37.8 Å². The molecular formula is C37H36N4O6. The van der Waals surface area contributed by atoms with Crippen molar-refractivity contribution in [1.82, 2.24) is 10.9 Å². The van der Waals surface area contributed by atoms with E-state index in [-0.39, 0.29) is 24.0 Å². The Kier molecular flexibility index (Phi) is 9.19. The number of esters is 2. The van der Waals surface area contributed by atoms with Gasteiger partial charge in [0.2, 0.25) is 0 Å². The molecule has 2 unspecified atom stereocenters. The van der Waals surface area contributed by atoms with Gasteiger partial charge in [0.25, 0.3) is 0 Å². The molecule has 2 aliphatic heterocycles. The fraction of sp³-hybridized carbons (Fsp3) is 0.243. The molecule has 2 heterocycles. The second-order valence-electron chi connectivity index (χ2n) is 11.5. The maximum Gasteiger partial charge on any atom is 0.308 e. The van der Waals surface area contributed by atoms with Gasteiger partial charge in [-0.15, -0.1) is 0 Å². The second kappa shape index (κ2) is 13.8. The SMILES string of the molecule is COc1ccc(C2=NNC(c3cc(Cc4ccc(OC(C)=O)c(C5CC(c6ccc(OC)cc6)=NN5)c4)ccc3OC(C)=O)C2)cc1. The molecule has 0 fully saturated rings. The summed E-state index contributed by atoms with van der Waals surface area (Å²) in [6, 6.07) is 26.9. The quantitative estimate of drug-likeness (QED) is 0.161. The van der Waals surface area contributed by atoms with E-state index in [9.17, 15) is 9.59 Å². The van der Waals surface area contributed by atoms with Crippen LogP contribution in [0.3, 0.4) is 0 Å². The maximum absolute atomic E-state index is 12.0. The number of methoxy groups -OCH3 is 2. The van der Waals surface area contributed by atoms with E-state index in [4.69, 9.17) is 18.9 Å². The zero-order valence-electron chi connectivity index (χ0n) is 26.7. The molecule has 240 valence electrons. The molecule has 0 saturated heterocycles. The highest BCUT2D eigenvalue weighted by molar-refractivity contribution is 6.02. The van der Waals surface area contributed by atoms with Crippen molar-refractivity contribution in [2.75, 3.05) is 14.2 Å². The smallest absolute Gasteiger partial charge is 0.308 e. The zero-order chi connectivity index (χ0) is 32.9. The number of nitrogens with one attached hydrogen (secondary N) is 2. The van der Waals surface area contributed by atoms with Crippen molar-refractivity contribution >= 4 is 23.4 Å². The normalized spacial score (nSPS) is 16.8. The van der Waals surface area contributed by atoms with Gasteiger partial charge >= 0.3 is 11.9 Å². The van der Waals surface area contributed by atoms with Crippen LogP contribution in [0.4, 0.5) is 0 Å². The van der Waals surface area contributed by atoms with Crippen LogP contribution in [-0.4, -0.2) is 37.6 Å². The number of hydrogen-bond acceptors (Lipinski definition) is 10. The topological polar surface area (TPSA) is 120 Å². The van der Waals surface area contributed by atoms with Gasteiger partial charge in [-0.3, -0.25) is 9.59 Å². The summed E-state index contributed by atoms with van der Waals surface area (Å²) in [6.07, 6.45) is 1.84. The molecule has 4 aromatic carbocycles. The van der Waals surface area contributed by atoms with Crippen LogP contribution in [0.5, 0.6) is 23.0 Å². The molecule has 0 spiro atoms. The molecule has 6 rings (SSSR count). The predicted molar refractivity (Wildman–Crippen MR) is 178 cm³/mol. The van der Waals surface area contributed by atoms with E-state index < -0.39 is 0 Å². The van der Waals surface area contributed by atoms with Crippen LogP contribution >= 0.6 is 0 Å². The van der Waals surface area contributed by atoms with E-state index in [1.807, 2.05) is 72.8 Å². The first kappa shape index (κ1) is 31.3. The summed E-state index contributed by atoms with van der Waals surface area (Å²) in [5.74, 6) is 1.77. The summed E-state index contributed by atoms with van der Waals surface area (Å²) in [4.78, 5) is 24.0.